The minimum Gasteiger partial charge on any atom is -0.443 e. The summed E-state index contributed by atoms with van der Waals surface area (Å²) in [6, 6.07) is 0. The van der Waals surface area contributed by atoms with Crippen LogP contribution in [-0.2, 0) is 4.74 Å². The SMILES string of the molecule is CC[C@@H](N)N(N)C(=O)OC(C)(C)C. The predicted octanol–water partition coefficient (Wildman–Crippen LogP) is 0.792. The lowest BCUT2D eigenvalue weighted by Crippen LogP contribution is -2.51. The van der Waals surface area contributed by atoms with Gasteiger partial charge in [-0.2, -0.15) is 0 Å². The van der Waals surface area contributed by atoms with Gasteiger partial charge in [0.05, 0.1) is 6.17 Å². The van der Waals surface area contributed by atoms with Gasteiger partial charge in [0.2, 0.25) is 0 Å². The van der Waals surface area contributed by atoms with E-state index in [1.807, 2.05) is 6.92 Å². The molecule has 0 saturated heterocycles. The van der Waals surface area contributed by atoms with Crippen LogP contribution in [0.1, 0.15) is 34.1 Å². The molecule has 0 heterocycles. The monoisotopic (exact) mass is 189 g/mol. The smallest absolute Gasteiger partial charge is 0.426 e. The van der Waals surface area contributed by atoms with E-state index >= 15 is 0 Å². The standard InChI is InChI=1S/C8H19N3O2/c1-5-6(9)11(10)7(12)13-8(2,3)4/h6H,5,9-10H2,1-4H3/t6-/m0/s1. The number of amides is 1. The Kier molecular flexibility index (Phi) is 4.16. The summed E-state index contributed by atoms with van der Waals surface area (Å²) in [5.74, 6) is 5.41. The van der Waals surface area contributed by atoms with E-state index in [1.54, 1.807) is 20.8 Å². The fourth-order valence-corrected chi connectivity index (χ4v) is 0.647. The van der Waals surface area contributed by atoms with Gasteiger partial charge in [-0.25, -0.2) is 15.6 Å². The van der Waals surface area contributed by atoms with Crippen LogP contribution in [0.15, 0.2) is 0 Å². The van der Waals surface area contributed by atoms with E-state index in [2.05, 4.69) is 0 Å². The molecule has 0 aromatic heterocycles. The Labute approximate surface area is 79.0 Å². The molecule has 0 rings (SSSR count). The van der Waals surface area contributed by atoms with Crippen molar-refractivity contribution in [3.8, 4) is 0 Å². The molecule has 4 N–H and O–H groups in total. The molecule has 1 atom stereocenters. The van der Waals surface area contributed by atoms with Crippen molar-refractivity contribution in [2.75, 3.05) is 0 Å². The highest BCUT2D eigenvalue weighted by Crippen LogP contribution is 2.09. The van der Waals surface area contributed by atoms with E-state index in [9.17, 15) is 4.79 Å². The first-order chi connectivity index (χ1) is 5.78. The van der Waals surface area contributed by atoms with Gasteiger partial charge in [0.25, 0.3) is 0 Å². The summed E-state index contributed by atoms with van der Waals surface area (Å²) in [6.07, 6.45) is -0.493. The van der Waals surface area contributed by atoms with Gasteiger partial charge in [-0.3, -0.25) is 0 Å². The maximum absolute atomic E-state index is 11.3. The molecule has 0 radical (unpaired) electrons. The normalized spacial score (nSPS) is 13.7. The fourth-order valence-electron chi connectivity index (χ4n) is 0.647. The number of ether oxygens (including phenoxy) is 1. The third-order valence-corrected chi connectivity index (χ3v) is 1.38. The van der Waals surface area contributed by atoms with Gasteiger partial charge in [0.15, 0.2) is 0 Å². The lowest BCUT2D eigenvalue weighted by molar-refractivity contribution is 0.0159. The summed E-state index contributed by atoms with van der Waals surface area (Å²) in [5.41, 5.74) is 5.00. The van der Waals surface area contributed by atoms with Crippen molar-refractivity contribution < 1.29 is 9.53 Å². The first-order valence-electron chi connectivity index (χ1n) is 4.30. The Morgan fingerprint density at radius 2 is 2.00 bits per heavy atom. The maximum Gasteiger partial charge on any atom is 0.426 e. The Hall–Kier alpha value is -0.810. The molecule has 0 spiro atoms. The molecule has 78 valence electrons. The predicted molar refractivity (Wildman–Crippen MR) is 50.5 cm³/mol. The molecule has 13 heavy (non-hydrogen) atoms. The minimum atomic E-state index is -0.596. The zero-order valence-corrected chi connectivity index (χ0v) is 8.70. The number of hydrogen-bond acceptors (Lipinski definition) is 4. The number of nitrogens with zero attached hydrogens (tertiary/aromatic N) is 1. The largest absolute Gasteiger partial charge is 0.443 e. The number of hydrazine groups is 1. The molecule has 0 fully saturated rings. The molecular weight excluding hydrogens is 170 g/mol. The van der Waals surface area contributed by atoms with Crippen LogP contribution in [0.4, 0.5) is 4.79 Å². The fraction of sp³-hybridized carbons (Fsp3) is 0.875. The van der Waals surface area contributed by atoms with Gasteiger partial charge in [0, 0.05) is 0 Å². The second-order valence-electron chi connectivity index (χ2n) is 3.86. The van der Waals surface area contributed by atoms with Crippen LogP contribution in [-0.4, -0.2) is 22.9 Å². The van der Waals surface area contributed by atoms with Crippen LogP contribution < -0.4 is 11.6 Å². The Morgan fingerprint density at radius 1 is 1.54 bits per heavy atom. The molecule has 1 amide bonds. The Morgan fingerprint density at radius 3 is 2.31 bits per heavy atom. The first-order valence-corrected chi connectivity index (χ1v) is 4.30. The lowest BCUT2D eigenvalue weighted by Gasteiger charge is -2.27. The molecule has 5 heteroatoms. The van der Waals surface area contributed by atoms with E-state index < -0.39 is 17.9 Å². The highest BCUT2D eigenvalue weighted by Gasteiger charge is 2.22. The van der Waals surface area contributed by atoms with Crippen LogP contribution in [0.25, 0.3) is 0 Å². The maximum atomic E-state index is 11.3. The van der Waals surface area contributed by atoms with Crippen LogP contribution in [0.2, 0.25) is 0 Å². The van der Waals surface area contributed by atoms with E-state index in [-0.39, 0.29) is 0 Å². The lowest BCUT2D eigenvalue weighted by atomic mass is 10.2. The van der Waals surface area contributed by atoms with Gasteiger partial charge in [-0.05, 0) is 27.2 Å². The van der Waals surface area contributed by atoms with Crippen molar-refractivity contribution >= 4 is 6.09 Å². The van der Waals surface area contributed by atoms with Gasteiger partial charge < -0.3 is 10.5 Å². The first kappa shape index (κ1) is 12.2. The summed E-state index contributed by atoms with van der Waals surface area (Å²) >= 11 is 0. The average Bonchev–Trinajstić information content (AvgIpc) is 1.98. The highest BCUT2D eigenvalue weighted by molar-refractivity contribution is 5.67. The molecule has 0 saturated carbocycles. The van der Waals surface area contributed by atoms with E-state index in [1.165, 1.54) is 0 Å². The van der Waals surface area contributed by atoms with Crippen molar-refractivity contribution in [3.63, 3.8) is 0 Å². The van der Waals surface area contributed by atoms with Crippen LogP contribution >= 0.6 is 0 Å². The topological polar surface area (TPSA) is 81.6 Å². The second kappa shape index (κ2) is 4.43. The molecule has 0 unspecified atom stereocenters. The molecular formula is C8H19N3O2. The minimum absolute atomic E-state index is 0.491. The molecule has 5 nitrogen and oxygen atoms in total. The zero-order valence-electron chi connectivity index (χ0n) is 8.70. The van der Waals surface area contributed by atoms with Gasteiger partial charge in [-0.15, -0.1) is 0 Å². The molecule has 0 aliphatic rings. The summed E-state index contributed by atoms with van der Waals surface area (Å²) in [5, 5.41) is 0.908. The summed E-state index contributed by atoms with van der Waals surface area (Å²) in [7, 11) is 0. The van der Waals surface area contributed by atoms with Crippen molar-refractivity contribution in [2.24, 2.45) is 11.6 Å². The second-order valence-corrected chi connectivity index (χ2v) is 3.86. The third kappa shape index (κ3) is 4.69. The van der Waals surface area contributed by atoms with Crippen molar-refractivity contribution in [2.45, 2.75) is 45.9 Å². The average molecular weight is 189 g/mol. The molecule has 0 aromatic carbocycles. The van der Waals surface area contributed by atoms with Crippen molar-refractivity contribution in [1.82, 2.24) is 5.01 Å². The quantitative estimate of drug-likeness (QED) is 0.291. The summed E-state index contributed by atoms with van der Waals surface area (Å²) in [6.45, 7) is 7.16. The van der Waals surface area contributed by atoms with Gasteiger partial charge in [0.1, 0.15) is 5.60 Å². The van der Waals surface area contributed by atoms with Crippen LogP contribution in [0.5, 0.6) is 0 Å². The van der Waals surface area contributed by atoms with Crippen molar-refractivity contribution in [3.05, 3.63) is 0 Å². The third-order valence-electron chi connectivity index (χ3n) is 1.38. The molecule has 0 aliphatic heterocycles. The van der Waals surface area contributed by atoms with E-state index in [0.717, 1.165) is 5.01 Å². The zero-order chi connectivity index (χ0) is 10.6. The summed E-state index contributed by atoms with van der Waals surface area (Å²) in [4.78, 5) is 11.3. The van der Waals surface area contributed by atoms with Gasteiger partial charge in [-0.1, -0.05) is 6.92 Å². The Bertz CT molecular complexity index is 177. The Balaban J connectivity index is 4.12. The van der Waals surface area contributed by atoms with Crippen LogP contribution in [0.3, 0.4) is 0 Å². The molecule has 0 aliphatic carbocycles. The number of carbonyl (C=O) groups excluding carboxylic acids is 1. The summed E-state index contributed by atoms with van der Waals surface area (Å²) < 4.78 is 5.00. The number of carbonyl (C=O) groups is 1. The molecule has 0 aromatic rings. The number of rotatable bonds is 2. The number of hydrogen-bond donors (Lipinski definition) is 2. The highest BCUT2D eigenvalue weighted by atomic mass is 16.6. The molecule has 0 bridgehead atoms. The van der Waals surface area contributed by atoms with Crippen LogP contribution in [0, 0.1) is 0 Å². The van der Waals surface area contributed by atoms with E-state index in [0.29, 0.717) is 6.42 Å². The number of nitrogens with two attached hydrogens (primary N) is 2. The van der Waals surface area contributed by atoms with Gasteiger partial charge >= 0.3 is 6.09 Å². The van der Waals surface area contributed by atoms with E-state index in [4.69, 9.17) is 16.3 Å². The van der Waals surface area contributed by atoms with Crippen molar-refractivity contribution in [1.29, 1.82) is 0 Å².